The molecule has 1 heterocycles. The van der Waals surface area contributed by atoms with Crippen LogP contribution in [0.1, 0.15) is 24.3 Å². The topological polar surface area (TPSA) is 58.1 Å². The molecular weight excluding hydrogens is 252 g/mol. The number of para-hydroxylation sites is 1. The number of aromatic nitrogens is 2. The van der Waals surface area contributed by atoms with Crippen molar-refractivity contribution in [3.63, 3.8) is 0 Å². The Kier molecular flexibility index (Phi) is 4.65. The molecule has 0 aliphatic carbocycles. The fraction of sp³-hybridized carbons (Fsp3) is 0.267. The molecule has 0 unspecified atom stereocenters. The first-order valence-corrected chi connectivity index (χ1v) is 6.68. The Bertz CT molecular complexity index is 550. The maximum Gasteiger partial charge on any atom is 0.274 e. The van der Waals surface area contributed by atoms with Gasteiger partial charge in [0.05, 0.1) is 12.4 Å². The molecule has 5 heteroatoms. The third kappa shape index (κ3) is 3.32. The molecule has 0 saturated heterocycles. The van der Waals surface area contributed by atoms with E-state index in [9.17, 15) is 4.79 Å². The average Bonchev–Trinajstić information content (AvgIpc) is 2.50. The van der Waals surface area contributed by atoms with Gasteiger partial charge in [0.2, 0.25) is 0 Å². The van der Waals surface area contributed by atoms with E-state index in [1.807, 2.05) is 44.2 Å². The van der Waals surface area contributed by atoms with Crippen LogP contribution < -0.4 is 5.32 Å². The zero-order valence-electron chi connectivity index (χ0n) is 11.7. The monoisotopic (exact) mass is 270 g/mol. The lowest BCUT2D eigenvalue weighted by Gasteiger charge is -2.17. The van der Waals surface area contributed by atoms with Crippen LogP contribution in [-0.4, -0.2) is 33.9 Å². The van der Waals surface area contributed by atoms with Crippen LogP contribution in [0.25, 0.3) is 0 Å². The minimum Gasteiger partial charge on any atom is -0.339 e. The van der Waals surface area contributed by atoms with E-state index in [4.69, 9.17) is 0 Å². The van der Waals surface area contributed by atoms with Crippen LogP contribution in [-0.2, 0) is 0 Å². The van der Waals surface area contributed by atoms with Crippen LogP contribution in [0.2, 0.25) is 0 Å². The molecule has 0 bridgehead atoms. The van der Waals surface area contributed by atoms with Crippen LogP contribution >= 0.6 is 0 Å². The van der Waals surface area contributed by atoms with Crippen molar-refractivity contribution in [2.24, 2.45) is 0 Å². The van der Waals surface area contributed by atoms with Crippen molar-refractivity contribution in [3.8, 4) is 0 Å². The second-order valence-corrected chi connectivity index (χ2v) is 4.26. The Balaban J connectivity index is 2.08. The highest BCUT2D eigenvalue weighted by molar-refractivity contribution is 5.92. The van der Waals surface area contributed by atoms with Crippen molar-refractivity contribution in [3.05, 3.63) is 48.4 Å². The standard InChI is InChI=1S/C15H18N4O/c1-3-19(4-2)15(20)13-10-17-14(11-16-13)18-12-8-6-5-7-9-12/h5-11H,3-4H2,1-2H3,(H,17,18). The smallest absolute Gasteiger partial charge is 0.274 e. The summed E-state index contributed by atoms with van der Waals surface area (Å²) in [6.45, 7) is 5.22. The second-order valence-electron chi connectivity index (χ2n) is 4.26. The highest BCUT2D eigenvalue weighted by Gasteiger charge is 2.14. The number of amides is 1. The van der Waals surface area contributed by atoms with E-state index in [1.54, 1.807) is 11.1 Å². The Morgan fingerprint density at radius 1 is 1.10 bits per heavy atom. The average molecular weight is 270 g/mol. The molecule has 1 amide bonds. The molecular formula is C15H18N4O. The van der Waals surface area contributed by atoms with Crippen LogP contribution in [0, 0.1) is 0 Å². The summed E-state index contributed by atoms with van der Waals surface area (Å²) in [6, 6.07) is 9.71. The molecule has 0 spiro atoms. The normalized spacial score (nSPS) is 10.1. The first-order valence-electron chi connectivity index (χ1n) is 6.68. The van der Waals surface area contributed by atoms with E-state index in [-0.39, 0.29) is 5.91 Å². The summed E-state index contributed by atoms with van der Waals surface area (Å²) in [4.78, 5) is 22.2. The highest BCUT2D eigenvalue weighted by Crippen LogP contribution is 2.12. The predicted octanol–water partition coefficient (Wildman–Crippen LogP) is 2.70. The van der Waals surface area contributed by atoms with Crippen molar-refractivity contribution in [2.75, 3.05) is 18.4 Å². The molecule has 0 fully saturated rings. The van der Waals surface area contributed by atoms with Gasteiger partial charge in [-0.3, -0.25) is 4.79 Å². The fourth-order valence-electron chi connectivity index (χ4n) is 1.85. The number of nitrogens with zero attached hydrogens (tertiary/aromatic N) is 3. The largest absolute Gasteiger partial charge is 0.339 e. The van der Waals surface area contributed by atoms with Crippen molar-refractivity contribution < 1.29 is 4.79 Å². The summed E-state index contributed by atoms with van der Waals surface area (Å²) < 4.78 is 0. The van der Waals surface area contributed by atoms with Gasteiger partial charge in [0, 0.05) is 18.8 Å². The number of hydrogen-bond acceptors (Lipinski definition) is 4. The molecule has 1 aromatic heterocycles. The molecule has 20 heavy (non-hydrogen) atoms. The lowest BCUT2D eigenvalue weighted by molar-refractivity contribution is 0.0766. The van der Waals surface area contributed by atoms with Gasteiger partial charge in [-0.1, -0.05) is 18.2 Å². The molecule has 5 nitrogen and oxygen atoms in total. The molecule has 1 N–H and O–H groups in total. The van der Waals surface area contributed by atoms with Crippen LogP contribution in [0.4, 0.5) is 11.5 Å². The van der Waals surface area contributed by atoms with Gasteiger partial charge in [-0.2, -0.15) is 0 Å². The third-order valence-corrected chi connectivity index (χ3v) is 2.97. The summed E-state index contributed by atoms with van der Waals surface area (Å²) in [5.74, 6) is 0.529. The van der Waals surface area contributed by atoms with Crippen LogP contribution in [0.3, 0.4) is 0 Å². The SMILES string of the molecule is CCN(CC)C(=O)c1cnc(Nc2ccccc2)cn1. The zero-order valence-corrected chi connectivity index (χ0v) is 11.7. The van der Waals surface area contributed by atoms with E-state index >= 15 is 0 Å². The molecule has 104 valence electrons. The third-order valence-electron chi connectivity index (χ3n) is 2.97. The van der Waals surface area contributed by atoms with E-state index in [0.29, 0.717) is 24.6 Å². The number of carbonyl (C=O) groups is 1. The first kappa shape index (κ1) is 14.0. The fourth-order valence-corrected chi connectivity index (χ4v) is 1.85. The van der Waals surface area contributed by atoms with Gasteiger partial charge in [0.15, 0.2) is 0 Å². The Hall–Kier alpha value is -2.43. The summed E-state index contributed by atoms with van der Waals surface area (Å²) in [5.41, 5.74) is 1.30. The van der Waals surface area contributed by atoms with Gasteiger partial charge in [0.25, 0.3) is 5.91 Å². The Labute approximate surface area is 118 Å². The highest BCUT2D eigenvalue weighted by atomic mass is 16.2. The maximum atomic E-state index is 12.1. The van der Waals surface area contributed by atoms with E-state index < -0.39 is 0 Å². The van der Waals surface area contributed by atoms with Gasteiger partial charge >= 0.3 is 0 Å². The maximum absolute atomic E-state index is 12.1. The van der Waals surface area contributed by atoms with Gasteiger partial charge in [-0.05, 0) is 26.0 Å². The van der Waals surface area contributed by atoms with Crippen molar-refractivity contribution in [1.29, 1.82) is 0 Å². The lowest BCUT2D eigenvalue weighted by atomic mass is 10.3. The molecule has 2 rings (SSSR count). The summed E-state index contributed by atoms with van der Waals surface area (Å²) in [7, 11) is 0. The minimum atomic E-state index is -0.0891. The molecule has 0 saturated carbocycles. The van der Waals surface area contributed by atoms with E-state index in [2.05, 4.69) is 15.3 Å². The number of anilines is 2. The van der Waals surface area contributed by atoms with Crippen molar-refractivity contribution >= 4 is 17.4 Å². The minimum absolute atomic E-state index is 0.0891. The number of hydrogen-bond donors (Lipinski definition) is 1. The number of nitrogens with one attached hydrogen (secondary N) is 1. The first-order chi connectivity index (χ1) is 9.74. The summed E-state index contributed by atoms with van der Waals surface area (Å²) in [6.07, 6.45) is 3.08. The van der Waals surface area contributed by atoms with Gasteiger partial charge < -0.3 is 10.2 Å². The van der Waals surface area contributed by atoms with Gasteiger partial charge in [-0.25, -0.2) is 9.97 Å². The molecule has 0 radical (unpaired) electrons. The van der Waals surface area contributed by atoms with Crippen molar-refractivity contribution in [1.82, 2.24) is 14.9 Å². The zero-order chi connectivity index (χ0) is 14.4. The lowest BCUT2D eigenvalue weighted by Crippen LogP contribution is -2.31. The van der Waals surface area contributed by atoms with E-state index in [1.165, 1.54) is 6.20 Å². The Morgan fingerprint density at radius 2 is 1.80 bits per heavy atom. The number of rotatable bonds is 5. The molecule has 2 aromatic rings. The summed E-state index contributed by atoms with van der Waals surface area (Å²) in [5, 5.41) is 3.13. The van der Waals surface area contributed by atoms with E-state index in [0.717, 1.165) is 5.69 Å². The molecule has 0 aliphatic heterocycles. The number of carbonyl (C=O) groups excluding carboxylic acids is 1. The van der Waals surface area contributed by atoms with Crippen LogP contribution in [0.5, 0.6) is 0 Å². The molecule has 0 aliphatic rings. The van der Waals surface area contributed by atoms with Gasteiger partial charge in [0.1, 0.15) is 11.5 Å². The van der Waals surface area contributed by atoms with Gasteiger partial charge in [-0.15, -0.1) is 0 Å². The van der Waals surface area contributed by atoms with Crippen molar-refractivity contribution in [2.45, 2.75) is 13.8 Å². The predicted molar refractivity (Wildman–Crippen MR) is 79.0 cm³/mol. The summed E-state index contributed by atoms with van der Waals surface area (Å²) >= 11 is 0. The molecule has 1 aromatic carbocycles. The number of benzene rings is 1. The second kappa shape index (κ2) is 6.65. The quantitative estimate of drug-likeness (QED) is 0.907. The Morgan fingerprint density at radius 3 is 2.35 bits per heavy atom. The molecule has 0 atom stereocenters. The van der Waals surface area contributed by atoms with Crippen LogP contribution in [0.15, 0.2) is 42.7 Å².